The van der Waals surface area contributed by atoms with E-state index in [9.17, 15) is 4.39 Å². The van der Waals surface area contributed by atoms with Crippen LogP contribution in [0.4, 0.5) is 8.78 Å². The Kier molecular flexibility index (Phi) is 7.49. The Morgan fingerprint density at radius 1 is 0.882 bits per heavy atom. The first-order valence-electron chi connectivity index (χ1n) is 12.2. The van der Waals surface area contributed by atoms with E-state index in [0.717, 1.165) is 59.9 Å². The fourth-order valence-corrected chi connectivity index (χ4v) is 4.67. The molecule has 0 heterocycles. The minimum atomic E-state index is -0.561. The largest absolute Gasteiger partial charge is 0.206 e. The molecule has 1 aliphatic rings. The third-order valence-electron chi connectivity index (χ3n) is 6.68. The van der Waals surface area contributed by atoms with Crippen molar-refractivity contribution in [3.05, 3.63) is 105 Å². The van der Waals surface area contributed by atoms with Crippen LogP contribution in [0.5, 0.6) is 0 Å². The lowest BCUT2D eigenvalue weighted by molar-refractivity contribution is 0.411. The molecule has 0 radical (unpaired) electrons. The molecule has 3 aromatic rings. The van der Waals surface area contributed by atoms with Crippen molar-refractivity contribution in [2.45, 2.75) is 59.3 Å². The Morgan fingerprint density at radius 2 is 1.62 bits per heavy atom. The van der Waals surface area contributed by atoms with Crippen LogP contribution in [0.25, 0.3) is 0 Å². The summed E-state index contributed by atoms with van der Waals surface area (Å²) in [5.74, 6) is 11.6. The quantitative estimate of drug-likeness (QED) is 0.360. The molecule has 1 atom stereocenters. The monoisotopic (exact) mass is 452 g/mol. The summed E-state index contributed by atoms with van der Waals surface area (Å²) in [6, 6.07) is 15.4. The van der Waals surface area contributed by atoms with Gasteiger partial charge in [0.05, 0.1) is 5.56 Å². The average Bonchev–Trinajstić information content (AvgIpc) is 2.83. The van der Waals surface area contributed by atoms with Crippen molar-refractivity contribution in [3.63, 3.8) is 0 Å². The molecule has 0 saturated carbocycles. The van der Waals surface area contributed by atoms with Crippen LogP contribution in [0.15, 0.2) is 48.5 Å². The molecule has 0 saturated heterocycles. The average molecular weight is 453 g/mol. The number of fused-ring (bicyclic) bond motifs is 1. The molecule has 1 unspecified atom stereocenters. The Hall–Kier alpha value is -3.36. The number of hydrogen-bond acceptors (Lipinski definition) is 0. The van der Waals surface area contributed by atoms with Crippen molar-refractivity contribution in [2.75, 3.05) is 0 Å². The van der Waals surface area contributed by atoms with Gasteiger partial charge in [-0.3, -0.25) is 0 Å². The third kappa shape index (κ3) is 5.40. The lowest BCUT2D eigenvalue weighted by Crippen LogP contribution is -2.17. The first-order chi connectivity index (χ1) is 16.5. The smallest absolute Gasteiger partial charge is 0.145 e. The number of aryl methyl sites for hydroxylation is 2. The molecule has 1 aliphatic carbocycles. The minimum absolute atomic E-state index is 0.121. The van der Waals surface area contributed by atoms with E-state index in [1.54, 1.807) is 0 Å². The molecule has 0 aromatic heterocycles. The van der Waals surface area contributed by atoms with E-state index in [2.05, 4.69) is 49.7 Å². The summed E-state index contributed by atoms with van der Waals surface area (Å²) >= 11 is 0. The van der Waals surface area contributed by atoms with Crippen LogP contribution in [-0.4, -0.2) is 0 Å². The van der Waals surface area contributed by atoms with Crippen molar-refractivity contribution in [3.8, 4) is 23.7 Å². The van der Waals surface area contributed by atoms with E-state index < -0.39 is 11.6 Å². The number of halogens is 2. The Labute approximate surface area is 202 Å². The zero-order chi connectivity index (χ0) is 24.1. The summed E-state index contributed by atoms with van der Waals surface area (Å²) in [6.07, 6.45) is 5.59. The maximum atomic E-state index is 15.1. The van der Waals surface area contributed by atoms with Crippen LogP contribution in [0, 0.1) is 48.2 Å². The lowest BCUT2D eigenvalue weighted by Gasteiger charge is -2.25. The van der Waals surface area contributed by atoms with E-state index in [4.69, 9.17) is 0 Å². The van der Waals surface area contributed by atoms with E-state index >= 15 is 4.39 Å². The van der Waals surface area contributed by atoms with Gasteiger partial charge in [-0.1, -0.05) is 62.5 Å². The highest BCUT2D eigenvalue weighted by Gasteiger charge is 2.24. The number of benzene rings is 3. The van der Waals surface area contributed by atoms with Crippen molar-refractivity contribution in [2.24, 2.45) is 5.92 Å². The second-order valence-electron chi connectivity index (χ2n) is 9.16. The van der Waals surface area contributed by atoms with Gasteiger partial charge >= 0.3 is 0 Å². The molecule has 4 rings (SSSR count). The van der Waals surface area contributed by atoms with Gasteiger partial charge in [-0.25, -0.2) is 8.78 Å². The van der Waals surface area contributed by atoms with Gasteiger partial charge in [0.1, 0.15) is 11.6 Å². The van der Waals surface area contributed by atoms with Crippen LogP contribution >= 0.6 is 0 Å². The van der Waals surface area contributed by atoms with Gasteiger partial charge in [0.2, 0.25) is 0 Å². The number of rotatable bonds is 3. The van der Waals surface area contributed by atoms with E-state index in [1.165, 1.54) is 11.6 Å². The molecule has 0 spiro atoms. The van der Waals surface area contributed by atoms with Crippen LogP contribution < -0.4 is 0 Å². The molecule has 3 aromatic carbocycles. The summed E-state index contributed by atoms with van der Waals surface area (Å²) in [4.78, 5) is 0. The topological polar surface area (TPSA) is 0 Å². The third-order valence-corrected chi connectivity index (χ3v) is 6.68. The van der Waals surface area contributed by atoms with Crippen LogP contribution in [0.1, 0.15) is 77.6 Å². The van der Waals surface area contributed by atoms with E-state index in [1.807, 2.05) is 37.3 Å². The summed E-state index contributed by atoms with van der Waals surface area (Å²) in [5.41, 5.74) is 6.22. The lowest BCUT2D eigenvalue weighted by atomic mass is 9.81. The van der Waals surface area contributed by atoms with Crippen LogP contribution in [0.3, 0.4) is 0 Å². The maximum absolute atomic E-state index is 15.1. The van der Waals surface area contributed by atoms with Gasteiger partial charge in [-0.05, 0) is 97.2 Å². The highest BCUT2D eigenvalue weighted by molar-refractivity contribution is 5.53. The Balaban J connectivity index is 1.55. The maximum Gasteiger partial charge on any atom is 0.145 e. The molecule has 172 valence electrons. The van der Waals surface area contributed by atoms with Gasteiger partial charge < -0.3 is 0 Å². The highest BCUT2D eigenvalue weighted by Crippen LogP contribution is 2.32. The summed E-state index contributed by atoms with van der Waals surface area (Å²) in [6.45, 7) is 6.26. The van der Waals surface area contributed by atoms with Gasteiger partial charge in [0.25, 0.3) is 0 Å². The van der Waals surface area contributed by atoms with Crippen molar-refractivity contribution < 1.29 is 8.78 Å². The first-order valence-corrected chi connectivity index (χ1v) is 12.2. The molecule has 0 bridgehead atoms. The SMILES string of the molecule is CCCC1CCc2c(cc(F)c(C#Cc3ccc(C#Cc4ccc(CC)cc4)c(C)c3)c2F)C1. The zero-order valence-electron chi connectivity index (χ0n) is 20.2. The first kappa shape index (κ1) is 23.8. The predicted molar refractivity (Wildman–Crippen MR) is 136 cm³/mol. The second-order valence-corrected chi connectivity index (χ2v) is 9.16. The molecular formula is C32H30F2. The van der Waals surface area contributed by atoms with Crippen LogP contribution in [0.2, 0.25) is 0 Å². The summed E-state index contributed by atoms with van der Waals surface area (Å²) < 4.78 is 29.9. The standard InChI is InChI=1S/C32H30F2/c1-4-6-25-13-17-29-28(20-25)21-31(33)30(32(29)34)18-14-26-12-16-27(22(3)19-26)15-11-24-9-7-23(5-2)8-10-24/h7-10,12,16,19,21,25H,4-6,13,17,20H2,1-3H3. The molecule has 0 N–H and O–H groups in total. The van der Waals surface area contributed by atoms with Crippen molar-refractivity contribution >= 4 is 0 Å². The highest BCUT2D eigenvalue weighted by atomic mass is 19.1. The Bertz CT molecular complexity index is 1310. The normalized spacial score (nSPS) is 14.4. The fourth-order valence-electron chi connectivity index (χ4n) is 4.67. The molecule has 2 heteroatoms. The van der Waals surface area contributed by atoms with Gasteiger partial charge in [0, 0.05) is 16.7 Å². The predicted octanol–water partition coefficient (Wildman–Crippen LogP) is 7.54. The molecule has 0 aliphatic heterocycles. The Morgan fingerprint density at radius 3 is 2.32 bits per heavy atom. The van der Waals surface area contributed by atoms with Gasteiger partial charge in [0.15, 0.2) is 0 Å². The van der Waals surface area contributed by atoms with Crippen LogP contribution in [-0.2, 0) is 19.3 Å². The summed E-state index contributed by atoms with van der Waals surface area (Å²) in [5, 5.41) is 0. The molecular weight excluding hydrogens is 422 g/mol. The van der Waals surface area contributed by atoms with Gasteiger partial charge in [-0.15, -0.1) is 0 Å². The fraction of sp³-hybridized carbons (Fsp3) is 0.312. The van der Waals surface area contributed by atoms with Crippen molar-refractivity contribution in [1.29, 1.82) is 0 Å². The summed E-state index contributed by atoms with van der Waals surface area (Å²) in [7, 11) is 0. The van der Waals surface area contributed by atoms with Gasteiger partial charge in [-0.2, -0.15) is 0 Å². The molecule has 34 heavy (non-hydrogen) atoms. The van der Waals surface area contributed by atoms with E-state index in [0.29, 0.717) is 17.9 Å². The zero-order valence-corrected chi connectivity index (χ0v) is 20.2. The molecule has 0 nitrogen and oxygen atoms in total. The second kappa shape index (κ2) is 10.7. The van der Waals surface area contributed by atoms with Crippen molar-refractivity contribution in [1.82, 2.24) is 0 Å². The molecule has 0 amide bonds. The minimum Gasteiger partial charge on any atom is -0.206 e. The molecule has 0 fully saturated rings. The van der Waals surface area contributed by atoms with E-state index in [-0.39, 0.29) is 5.56 Å². The number of hydrogen-bond donors (Lipinski definition) is 0.